The summed E-state index contributed by atoms with van der Waals surface area (Å²) >= 11 is 0. The van der Waals surface area contributed by atoms with Crippen LogP contribution in [0.15, 0.2) is 72.9 Å². The molecule has 0 aromatic heterocycles. The highest BCUT2D eigenvalue weighted by molar-refractivity contribution is 7.47. The summed E-state index contributed by atoms with van der Waals surface area (Å²) in [5, 5.41) is 18.3. The summed E-state index contributed by atoms with van der Waals surface area (Å²) in [5.74, 6) is -1.21. The van der Waals surface area contributed by atoms with Gasteiger partial charge in [0.2, 0.25) is 0 Å². The minimum atomic E-state index is -4.65. The van der Waals surface area contributed by atoms with E-state index in [1.807, 2.05) is 42.5 Å². The highest BCUT2D eigenvalue weighted by atomic mass is 31.2. The Balaban J connectivity index is 4.51. The van der Waals surface area contributed by atoms with E-state index in [9.17, 15) is 24.2 Å². The number of carbonyl (C=O) groups excluding carboxylic acids is 2. The standard InChI is InChI=1S/C42H71O10P/c1-3-5-7-9-11-13-15-17-19-21-23-25-27-29-31-33-41(45)49-37-40(38-51-53(47,48)50-36-39(44)35-43)52-42(46)34-32-30-28-26-24-22-20-18-16-14-12-10-8-6-4-2/h5,7,9,11,13,15,17,19,28,30,32,34,39-40,43-44H,3-4,6,8,10,12,14,16,18,20-27,29,31,33,35-38H2,1-2H3,(H,47,48)/b7-5+,11-9+,15-13+,19-17+,30-28+,34-32+/t39-,40+/m0/s1. The van der Waals surface area contributed by atoms with Crippen molar-refractivity contribution in [3.8, 4) is 0 Å². The van der Waals surface area contributed by atoms with E-state index in [-0.39, 0.29) is 13.0 Å². The second-order valence-corrected chi connectivity index (χ2v) is 14.5. The third kappa shape index (κ3) is 37.5. The topological polar surface area (TPSA) is 149 Å². The first-order chi connectivity index (χ1) is 25.7. The van der Waals surface area contributed by atoms with Crippen molar-refractivity contribution in [3.63, 3.8) is 0 Å². The molecule has 0 aromatic rings. The van der Waals surface area contributed by atoms with Crippen molar-refractivity contribution in [2.75, 3.05) is 26.4 Å². The Morgan fingerprint density at radius 2 is 1.11 bits per heavy atom. The lowest BCUT2D eigenvalue weighted by Crippen LogP contribution is -2.29. The van der Waals surface area contributed by atoms with Crippen molar-refractivity contribution >= 4 is 19.8 Å². The van der Waals surface area contributed by atoms with Crippen molar-refractivity contribution < 1.29 is 47.8 Å². The smallest absolute Gasteiger partial charge is 0.462 e. The SMILES string of the molecule is CC/C=C/C=C/C=C/C=C/CCCCCCCC(=O)OC[C@H](COP(=O)(O)OC[C@@H](O)CO)OC(=O)/C=C/C=C/CCCCCCCCCCCCC. The normalized spacial score (nSPS) is 14.7. The number of aliphatic hydroxyl groups is 2. The molecular weight excluding hydrogens is 695 g/mol. The number of hydrogen-bond acceptors (Lipinski definition) is 9. The number of unbranched alkanes of at least 4 members (excludes halogenated alkanes) is 16. The van der Waals surface area contributed by atoms with Gasteiger partial charge in [-0.1, -0.05) is 164 Å². The molecule has 0 aliphatic rings. The average molecular weight is 767 g/mol. The van der Waals surface area contributed by atoms with Crippen LogP contribution in [0.5, 0.6) is 0 Å². The Labute approximate surface area is 320 Å². The van der Waals surface area contributed by atoms with Crippen LogP contribution in [0.25, 0.3) is 0 Å². The maximum absolute atomic E-state index is 12.5. The third-order valence-electron chi connectivity index (χ3n) is 8.05. The summed E-state index contributed by atoms with van der Waals surface area (Å²) in [4.78, 5) is 34.8. The molecule has 0 heterocycles. The minimum Gasteiger partial charge on any atom is -0.462 e. The molecule has 0 spiro atoms. The van der Waals surface area contributed by atoms with E-state index < -0.39 is 51.8 Å². The van der Waals surface area contributed by atoms with Gasteiger partial charge in [-0.05, 0) is 38.5 Å². The van der Waals surface area contributed by atoms with E-state index in [0.717, 1.165) is 51.4 Å². The fourth-order valence-corrected chi connectivity index (χ4v) is 5.76. The molecule has 0 amide bonds. The maximum atomic E-state index is 12.5. The monoisotopic (exact) mass is 766 g/mol. The lowest BCUT2D eigenvalue weighted by molar-refractivity contribution is -0.157. The van der Waals surface area contributed by atoms with Crippen LogP contribution in [-0.4, -0.2) is 65.7 Å². The van der Waals surface area contributed by atoms with Gasteiger partial charge in [-0.3, -0.25) is 13.8 Å². The van der Waals surface area contributed by atoms with Crippen LogP contribution < -0.4 is 0 Å². The second-order valence-electron chi connectivity index (χ2n) is 13.1. The van der Waals surface area contributed by atoms with E-state index >= 15 is 0 Å². The molecule has 0 aliphatic carbocycles. The zero-order valence-corrected chi connectivity index (χ0v) is 33.6. The van der Waals surface area contributed by atoms with Crippen molar-refractivity contribution in [3.05, 3.63) is 72.9 Å². The molecule has 0 rings (SSSR count). The number of phosphoric ester groups is 1. The maximum Gasteiger partial charge on any atom is 0.472 e. The fourth-order valence-electron chi connectivity index (χ4n) is 4.97. The van der Waals surface area contributed by atoms with E-state index in [0.29, 0.717) is 6.42 Å². The Hall–Kier alpha value is -2.59. The predicted molar refractivity (Wildman–Crippen MR) is 214 cm³/mol. The zero-order chi connectivity index (χ0) is 39.1. The number of esters is 2. The zero-order valence-electron chi connectivity index (χ0n) is 32.7. The second kappa shape index (κ2) is 37.7. The molecule has 0 aliphatic heterocycles. The molecule has 0 saturated carbocycles. The van der Waals surface area contributed by atoms with Crippen LogP contribution >= 0.6 is 7.82 Å². The molecule has 0 bridgehead atoms. The molecular formula is C42H71O10P. The highest BCUT2D eigenvalue weighted by Crippen LogP contribution is 2.43. The van der Waals surface area contributed by atoms with Crippen molar-refractivity contribution in [1.82, 2.24) is 0 Å². The van der Waals surface area contributed by atoms with Gasteiger partial charge >= 0.3 is 19.8 Å². The van der Waals surface area contributed by atoms with Gasteiger partial charge in [-0.15, -0.1) is 0 Å². The third-order valence-corrected chi connectivity index (χ3v) is 9.00. The van der Waals surface area contributed by atoms with E-state index in [2.05, 4.69) is 30.5 Å². The van der Waals surface area contributed by atoms with Gasteiger partial charge in [-0.25, -0.2) is 9.36 Å². The molecule has 1 unspecified atom stereocenters. The molecule has 0 aromatic carbocycles. The number of allylic oxidation sites excluding steroid dienone is 11. The van der Waals surface area contributed by atoms with Crippen LogP contribution in [-0.2, 0) is 32.7 Å². The van der Waals surface area contributed by atoms with Gasteiger partial charge in [0.15, 0.2) is 6.10 Å². The number of hydrogen-bond donors (Lipinski definition) is 3. The lowest BCUT2D eigenvalue weighted by atomic mass is 10.1. The molecule has 53 heavy (non-hydrogen) atoms. The first-order valence-electron chi connectivity index (χ1n) is 20.0. The van der Waals surface area contributed by atoms with Crippen LogP contribution in [0, 0.1) is 0 Å². The van der Waals surface area contributed by atoms with Gasteiger partial charge in [0.1, 0.15) is 12.7 Å². The van der Waals surface area contributed by atoms with E-state index in [4.69, 9.17) is 19.1 Å². The quantitative estimate of drug-likeness (QED) is 0.0185. The molecule has 304 valence electrons. The van der Waals surface area contributed by atoms with Crippen molar-refractivity contribution in [2.24, 2.45) is 0 Å². The first-order valence-corrected chi connectivity index (χ1v) is 21.5. The van der Waals surface area contributed by atoms with Crippen LogP contribution in [0.2, 0.25) is 0 Å². The summed E-state index contributed by atoms with van der Waals surface area (Å²) in [6.45, 7) is 2.06. The highest BCUT2D eigenvalue weighted by Gasteiger charge is 2.26. The van der Waals surface area contributed by atoms with E-state index in [1.165, 1.54) is 70.3 Å². The van der Waals surface area contributed by atoms with Crippen molar-refractivity contribution in [1.29, 1.82) is 0 Å². The number of rotatable bonds is 36. The number of aliphatic hydroxyl groups excluding tert-OH is 2. The predicted octanol–water partition coefficient (Wildman–Crippen LogP) is 10.1. The van der Waals surface area contributed by atoms with Gasteiger partial charge < -0.3 is 24.6 Å². The molecule has 11 heteroatoms. The summed E-state index contributed by atoms with van der Waals surface area (Å²) < 4.78 is 32.4. The molecule has 0 radical (unpaired) electrons. The van der Waals surface area contributed by atoms with Crippen LogP contribution in [0.3, 0.4) is 0 Å². The number of phosphoric acid groups is 1. The lowest BCUT2D eigenvalue weighted by Gasteiger charge is -2.19. The van der Waals surface area contributed by atoms with Crippen LogP contribution in [0.1, 0.15) is 142 Å². The minimum absolute atomic E-state index is 0.192. The Morgan fingerprint density at radius 3 is 1.68 bits per heavy atom. The Kier molecular flexibility index (Phi) is 35.9. The summed E-state index contributed by atoms with van der Waals surface area (Å²) in [6.07, 6.45) is 42.2. The first kappa shape index (κ1) is 50.4. The summed E-state index contributed by atoms with van der Waals surface area (Å²) in [7, 11) is -4.65. The molecule has 0 saturated heterocycles. The van der Waals surface area contributed by atoms with Gasteiger partial charge in [0.25, 0.3) is 0 Å². The van der Waals surface area contributed by atoms with Gasteiger partial charge in [0.05, 0.1) is 19.8 Å². The van der Waals surface area contributed by atoms with Crippen LogP contribution in [0.4, 0.5) is 0 Å². The van der Waals surface area contributed by atoms with E-state index in [1.54, 1.807) is 12.2 Å². The largest absolute Gasteiger partial charge is 0.472 e. The summed E-state index contributed by atoms with van der Waals surface area (Å²) in [5.41, 5.74) is 0. The average Bonchev–Trinajstić information content (AvgIpc) is 3.14. The molecule has 3 N–H and O–H groups in total. The molecule has 0 fully saturated rings. The van der Waals surface area contributed by atoms with Crippen molar-refractivity contribution in [2.45, 2.75) is 154 Å². The fraction of sp³-hybridized carbons (Fsp3) is 0.667. The number of ether oxygens (including phenoxy) is 2. The Bertz CT molecular complexity index is 1110. The Morgan fingerprint density at radius 1 is 0.623 bits per heavy atom. The summed E-state index contributed by atoms with van der Waals surface area (Å²) in [6, 6.07) is 0. The van der Waals surface area contributed by atoms with Gasteiger partial charge in [0, 0.05) is 12.5 Å². The van der Waals surface area contributed by atoms with Gasteiger partial charge in [-0.2, -0.15) is 0 Å². The molecule has 10 nitrogen and oxygen atoms in total. The molecule has 3 atom stereocenters. The number of carbonyl (C=O) groups is 2.